The lowest BCUT2D eigenvalue weighted by Gasteiger charge is -2.20. The minimum absolute atomic E-state index is 0.0757. The molecule has 0 aliphatic carbocycles. The van der Waals surface area contributed by atoms with Crippen LogP contribution in [-0.2, 0) is 14.8 Å². The van der Waals surface area contributed by atoms with E-state index < -0.39 is 10.0 Å². The highest BCUT2D eigenvalue weighted by molar-refractivity contribution is 9.10. The maximum atomic E-state index is 12.3. The number of rotatable bonds is 5. The molecule has 1 amide bonds. The van der Waals surface area contributed by atoms with Crippen LogP contribution in [0.1, 0.15) is 25.3 Å². The second-order valence-electron chi connectivity index (χ2n) is 6.66. The maximum Gasteiger partial charge on any atom is 0.286 e. The number of benzene rings is 2. The summed E-state index contributed by atoms with van der Waals surface area (Å²) in [6, 6.07) is 12.3. The summed E-state index contributed by atoms with van der Waals surface area (Å²) in [5.74, 6) is 0.158. The Kier molecular flexibility index (Phi) is 5.67. The van der Waals surface area contributed by atoms with Crippen molar-refractivity contribution in [1.29, 1.82) is 0 Å². The van der Waals surface area contributed by atoms with Crippen molar-refractivity contribution in [2.75, 3.05) is 10.6 Å². The fourth-order valence-electron chi connectivity index (χ4n) is 2.91. The van der Waals surface area contributed by atoms with Crippen molar-refractivity contribution in [3.05, 3.63) is 52.5 Å². The summed E-state index contributed by atoms with van der Waals surface area (Å²) in [6.45, 7) is 3.84. The topological polar surface area (TPSA) is 87.6 Å². The molecule has 6 nitrogen and oxygen atoms in total. The van der Waals surface area contributed by atoms with Crippen LogP contribution < -0.4 is 10.6 Å². The van der Waals surface area contributed by atoms with E-state index in [2.05, 4.69) is 31.0 Å². The second kappa shape index (κ2) is 7.82. The van der Waals surface area contributed by atoms with Gasteiger partial charge in [0, 0.05) is 23.0 Å². The number of fused-ring (bicyclic) bond motifs is 1. The van der Waals surface area contributed by atoms with Gasteiger partial charge in [0.25, 0.3) is 10.0 Å². The Hall–Kier alpha value is -2.19. The molecule has 0 aromatic heterocycles. The van der Waals surface area contributed by atoms with Gasteiger partial charge in [0.1, 0.15) is 10.7 Å². The normalized spacial score (nSPS) is 15.9. The van der Waals surface area contributed by atoms with Gasteiger partial charge in [-0.15, -0.1) is 4.40 Å². The molecule has 1 heterocycles. The van der Waals surface area contributed by atoms with Crippen LogP contribution in [0.25, 0.3) is 0 Å². The molecule has 0 spiro atoms. The van der Waals surface area contributed by atoms with E-state index in [4.69, 9.17) is 0 Å². The zero-order valence-corrected chi connectivity index (χ0v) is 17.4. The number of hydrogen-bond donors (Lipinski definition) is 2. The first-order chi connectivity index (χ1) is 12.7. The summed E-state index contributed by atoms with van der Waals surface area (Å²) in [4.78, 5) is 12.5. The number of anilines is 2. The third-order valence-corrected chi connectivity index (χ3v) is 6.45. The highest BCUT2D eigenvalue weighted by atomic mass is 79.9. The summed E-state index contributed by atoms with van der Waals surface area (Å²) in [7, 11) is -3.70. The number of aryl methyl sites for hydroxylation is 1. The van der Waals surface area contributed by atoms with Gasteiger partial charge in [-0.3, -0.25) is 4.79 Å². The third-order valence-electron chi connectivity index (χ3n) is 4.19. The lowest BCUT2D eigenvalue weighted by molar-refractivity contribution is -0.116. The van der Waals surface area contributed by atoms with E-state index in [0.717, 1.165) is 15.7 Å². The fourth-order valence-corrected chi connectivity index (χ4v) is 4.31. The number of halogens is 1. The summed E-state index contributed by atoms with van der Waals surface area (Å²) in [5.41, 5.74) is 2.28. The van der Waals surface area contributed by atoms with Crippen molar-refractivity contribution in [1.82, 2.24) is 0 Å². The van der Waals surface area contributed by atoms with Crippen LogP contribution in [0.5, 0.6) is 0 Å². The van der Waals surface area contributed by atoms with E-state index in [0.29, 0.717) is 17.9 Å². The summed E-state index contributed by atoms with van der Waals surface area (Å²) in [5, 5.41) is 5.93. The largest absolute Gasteiger partial charge is 0.342 e. The minimum Gasteiger partial charge on any atom is -0.342 e. The van der Waals surface area contributed by atoms with Crippen molar-refractivity contribution in [3.63, 3.8) is 0 Å². The number of nitrogens with zero attached hydrogens (tertiary/aromatic N) is 1. The Morgan fingerprint density at radius 1 is 1.26 bits per heavy atom. The molecule has 0 radical (unpaired) electrons. The van der Waals surface area contributed by atoms with Gasteiger partial charge in [0.2, 0.25) is 5.91 Å². The zero-order valence-electron chi connectivity index (χ0n) is 15.0. The zero-order chi connectivity index (χ0) is 19.6. The second-order valence-corrected chi connectivity index (χ2v) is 9.09. The van der Waals surface area contributed by atoms with Crippen molar-refractivity contribution >= 4 is 49.1 Å². The maximum absolute atomic E-state index is 12.3. The first-order valence-corrected chi connectivity index (χ1v) is 10.7. The highest BCUT2D eigenvalue weighted by Gasteiger charge is 2.25. The Morgan fingerprint density at radius 2 is 2.00 bits per heavy atom. The first kappa shape index (κ1) is 19.6. The predicted octanol–water partition coefficient (Wildman–Crippen LogP) is 4.33. The van der Waals surface area contributed by atoms with Gasteiger partial charge in [0.15, 0.2) is 0 Å². The number of para-hydroxylation sites is 1. The van der Waals surface area contributed by atoms with Crippen molar-refractivity contribution < 1.29 is 13.2 Å². The van der Waals surface area contributed by atoms with Crippen molar-refractivity contribution in [2.45, 2.75) is 31.6 Å². The average Bonchev–Trinajstić information content (AvgIpc) is 2.57. The minimum atomic E-state index is -3.70. The van der Waals surface area contributed by atoms with E-state index >= 15 is 0 Å². The highest BCUT2D eigenvalue weighted by Crippen LogP contribution is 2.28. The van der Waals surface area contributed by atoms with E-state index in [9.17, 15) is 13.2 Å². The number of carbonyl (C=O) groups is 1. The number of carbonyl (C=O) groups excluding carboxylic acids is 1. The molecular formula is C19H20BrN3O3S. The van der Waals surface area contributed by atoms with E-state index in [-0.39, 0.29) is 23.1 Å². The number of nitrogens with one attached hydrogen (secondary N) is 2. The lowest BCUT2D eigenvalue weighted by atomic mass is 10.0. The number of amidine groups is 1. The molecule has 0 fully saturated rings. The van der Waals surface area contributed by atoms with Crippen LogP contribution >= 0.6 is 15.9 Å². The van der Waals surface area contributed by atoms with Gasteiger partial charge >= 0.3 is 0 Å². The summed E-state index contributed by atoms with van der Waals surface area (Å²) in [6.07, 6.45) is 0.623. The van der Waals surface area contributed by atoms with Crippen molar-refractivity contribution in [2.24, 2.45) is 10.3 Å². The average molecular weight is 450 g/mol. The lowest BCUT2D eigenvalue weighted by Crippen LogP contribution is -2.25. The van der Waals surface area contributed by atoms with Gasteiger partial charge in [-0.2, -0.15) is 8.42 Å². The summed E-state index contributed by atoms with van der Waals surface area (Å²) >= 11 is 3.43. The SMILES string of the molecule is Cc1cc(NC(=O)C[C@@H](C)CC2=NS(=O)(=O)c3ccccc3N2)ccc1Br. The van der Waals surface area contributed by atoms with Crippen LogP contribution in [0.15, 0.2) is 56.2 Å². The first-order valence-electron chi connectivity index (χ1n) is 8.50. The molecule has 2 aromatic carbocycles. The van der Waals surface area contributed by atoms with Gasteiger partial charge in [-0.25, -0.2) is 0 Å². The van der Waals surface area contributed by atoms with E-state index in [1.54, 1.807) is 18.2 Å². The molecule has 2 aromatic rings. The van der Waals surface area contributed by atoms with E-state index in [1.807, 2.05) is 32.0 Å². The van der Waals surface area contributed by atoms with Crippen LogP contribution in [0.3, 0.4) is 0 Å². The predicted molar refractivity (Wildman–Crippen MR) is 111 cm³/mol. The molecule has 0 unspecified atom stereocenters. The molecule has 0 saturated carbocycles. The Bertz CT molecular complexity index is 1020. The molecular weight excluding hydrogens is 430 g/mol. The molecule has 1 aliphatic rings. The van der Waals surface area contributed by atoms with Gasteiger partial charge in [-0.05, 0) is 48.7 Å². The molecule has 2 N–H and O–H groups in total. The fraction of sp³-hybridized carbons (Fsp3) is 0.263. The smallest absolute Gasteiger partial charge is 0.286 e. The number of sulfonamides is 1. The Balaban J connectivity index is 1.62. The molecule has 142 valence electrons. The molecule has 1 atom stereocenters. The third kappa shape index (κ3) is 4.75. The van der Waals surface area contributed by atoms with Gasteiger partial charge in [0.05, 0.1) is 5.69 Å². The molecule has 27 heavy (non-hydrogen) atoms. The summed E-state index contributed by atoms with van der Waals surface area (Å²) < 4.78 is 29.4. The van der Waals surface area contributed by atoms with Crippen LogP contribution in [0.2, 0.25) is 0 Å². The van der Waals surface area contributed by atoms with Crippen LogP contribution in [0.4, 0.5) is 11.4 Å². The molecule has 8 heteroatoms. The standard InChI is InChI=1S/C19H20BrN3O3S/c1-12(10-19(24)21-14-7-8-15(20)13(2)11-14)9-18-22-16-5-3-4-6-17(16)27(25,26)23-18/h3-8,11-12H,9-10H2,1-2H3,(H,21,24)(H,22,23)/t12-/m0/s1. The van der Waals surface area contributed by atoms with Crippen molar-refractivity contribution in [3.8, 4) is 0 Å². The van der Waals surface area contributed by atoms with E-state index in [1.165, 1.54) is 6.07 Å². The molecule has 0 bridgehead atoms. The molecule has 0 saturated heterocycles. The molecule has 3 rings (SSSR count). The molecule has 1 aliphatic heterocycles. The van der Waals surface area contributed by atoms with Crippen LogP contribution in [-0.4, -0.2) is 20.2 Å². The Morgan fingerprint density at radius 3 is 2.74 bits per heavy atom. The van der Waals surface area contributed by atoms with Gasteiger partial charge in [-0.1, -0.05) is 35.0 Å². The quantitative estimate of drug-likeness (QED) is 0.710. The monoisotopic (exact) mass is 449 g/mol. The number of amides is 1. The van der Waals surface area contributed by atoms with Gasteiger partial charge < -0.3 is 10.6 Å². The Labute approximate surface area is 167 Å². The van der Waals surface area contributed by atoms with Crippen LogP contribution in [0, 0.1) is 12.8 Å². The number of hydrogen-bond acceptors (Lipinski definition) is 4.